The lowest BCUT2D eigenvalue weighted by molar-refractivity contribution is -0.261. The van der Waals surface area contributed by atoms with Crippen molar-refractivity contribution in [2.24, 2.45) is 37.9 Å². The van der Waals surface area contributed by atoms with Crippen LogP contribution >= 0.6 is 23.2 Å². The number of halogens is 2. The average molecular weight is 684 g/mol. The van der Waals surface area contributed by atoms with Crippen LogP contribution in [-0.2, 0) is 0 Å². The van der Waals surface area contributed by atoms with Crippen LogP contribution in [0.15, 0.2) is 149 Å². The van der Waals surface area contributed by atoms with Gasteiger partial charge in [0.1, 0.15) is 0 Å². The van der Waals surface area contributed by atoms with E-state index in [1.807, 2.05) is 24.3 Å². The molecule has 2 heteroatoms. The molecule has 2 saturated carbocycles. The molecule has 8 rings (SSSR count). The minimum atomic E-state index is -0.208. The second kappa shape index (κ2) is 10.4. The Morgan fingerprint density at radius 3 is 1.61 bits per heavy atom. The maximum absolute atomic E-state index is 6.48. The first-order chi connectivity index (χ1) is 23.1. The Morgan fingerprint density at radius 1 is 0.612 bits per heavy atom. The van der Waals surface area contributed by atoms with Crippen molar-refractivity contribution in [3.8, 4) is 0 Å². The lowest BCUT2D eigenvalue weighted by atomic mass is 9.24. The molecule has 0 N–H and O–H groups in total. The summed E-state index contributed by atoms with van der Waals surface area (Å²) in [6.07, 6.45) is 31.0. The molecule has 0 bridgehead atoms. The van der Waals surface area contributed by atoms with E-state index in [9.17, 15) is 0 Å². The van der Waals surface area contributed by atoms with Crippen LogP contribution in [0.2, 0.25) is 10.0 Å². The van der Waals surface area contributed by atoms with Crippen LogP contribution in [0.3, 0.4) is 0 Å². The van der Waals surface area contributed by atoms with Gasteiger partial charge in [0, 0.05) is 37.1 Å². The van der Waals surface area contributed by atoms with Crippen LogP contribution in [0, 0.1) is 37.9 Å². The standard InChI is InChI=1S/C47H48Cl2/c1-31-39(32-15-9-10-16-32)38(40(33-17-21-36(48)22-18-33)34-19-23-37(49)24-20-34)29-35-30-45(6)43(4)27-12-11-25-41(43,2)42(3)26-13-14-28-44(42,5)47(45,8)46(31,35)7/h9-15,17-29H,16,30H2,1-8H3. The maximum Gasteiger partial charge on any atom is 0.0406 e. The van der Waals surface area contributed by atoms with Crippen molar-refractivity contribution in [1.29, 1.82) is 0 Å². The number of fused-ring (bicyclic) bond motifs is 8. The van der Waals surface area contributed by atoms with Gasteiger partial charge in [0.15, 0.2) is 0 Å². The maximum atomic E-state index is 6.48. The predicted octanol–water partition coefficient (Wildman–Crippen LogP) is 13.7. The molecule has 0 radical (unpaired) electrons. The predicted molar refractivity (Wildman–Crippen MR) is 209 cm³/mol. The third-order valence-corrected chi connectivity index (χ3v) is 16.5. The first-order valence-electron chi connectivity index (χ1n) is 17.9. The molecule has 0 spiro atoms. The minimum absolute atomic E-state index is 0.0782. The van der Waals surface area contributed by atoms with Gasteiger partial charge in [-0.25, -0.2) is 0 Å². The number of hydrogen-bond donors (Lipinski definition) is 0. The van der Waals surface area contributed by atoms with Gasteiger partial charge in [-0.1, -0.05) is 180 Å². The third-order valence-electron chi connectivity index (χ3n) is 16.0. The van der Waals surface area contributed by atoms with Crippen LogP contribution in [-0.4, -0.2) is 0 Å². The van der Waals surface area contributed by atoms with Crippen molar-refractivity contribution in [2.45, 2.75) is 68.2 Å². The average Bonchev–Trinajstić information content (AvgIpc) is 3.67. The molecule has 7 atom stereocenters. The SMILES string of the molecule is CC1=C(C2=CC=CC2)C(=C(c2ccc(Cl)cc2)c2ccc(Cl)cc2)C=C2CC3(C)C4(C)C=CC=CC4(C)C4(C)C=CC=CC4(C)C3(C)C21C. The van der Waals surface area contributed by atoms with Crippen molar-refractivity contribution in [3.05, 3.63) is 170 Å². The van der Waals surface area contributed by atoms with Crippen molar-refractivity contribution in [3.63, 3.8) is 0 Å². The van der Waals surface area contributed by atoms with Gasteiger partial charge in [0.2, 0.25) is 0 Å². The summed E-state index contributed by atoms with van der Waals surface area (Å²) in [5, 5.41) is 1.48. The number of benzene rings is 2. The Kier molecular flexibility index (Phi) is 6.95. The fourth-order valence-corrected chi connectivity index (χ4v) is 12.7. The summed E-state index contributed by atoms with van der Waals surface area (Å²) in [5.41, 5.74) is 9.73. The largest absolute Gasteiger partial charge is 0.0843 e. The van der Waals surface area contributed by atoms with Gasteiger partial charge in [-0.3, -0.25) is 0 Å². The second-order valence-corrected chi connectivity index (χ2v) is 17.7. The molecule has 7 unspecified atom stereocenters. The molecule has 49 heavy (non-hydrogen) atoms. The Labute approximate surface area is 304 Å². The number of hydrogen-bond acceptors (Lipinski definition) is 0. The fourth-order valence-electron chi connectivity index (χ4n) is 12.4. The number of allylic oxidation sites excluding steroid dienone is 17. The van der Waals surface area contributed by atoms with Crippen molar-refractivity contribution < 1.29 is 0 Å². The van der Waals surface area contributed by atoms with E-state index in [1.165, 1.54) is 27.9 Å². The first-order valence-corrected chi connectivity index (χ1v) is 18.7. The quantitative estimate of drug-likeness (QED) is 0.302. The second-order valence-electron chi connectivity index (χ2n) is 16.8. The lowest BCUT2D eigenvalue weighted by Crippen LogP contribution is -2.74. The Bertz CT molecular complexity index is 2030. The van der Waals surface area contributed by atoms with Gasteiger partial charge in [-0.15, -0.1) is 0 Å². The van der Waals surface area contributed by atoms with Crippen LogP contribution in [0.1, 0.15) is 79.4 Å². The molecule has 250 valence electrons. The number of rotatable bonds is 3. The zero-order valence-electron chi connectivity index (χ0n) is 30.2. The molecule has 0 amide bonds. The zero-order valence-corrected chi connectivity index (χ0v) is 31.7. The van der Waals surface area contributed by atoms with E-state index in [4.69, 9.17) is 23.2 Å². The molecule has 6 aliphatic carbocycles. The molecule has 0 aromatic heterocycles. The Balaban J connectivity index is 1.50. The van der Waals surface area contributed by atoms with Crippen LogP contribution in [0.4, 0.5) is 0 Å². The Hall–Kier alpha value is -3.32. The molecule has 2 aromatic carbocycles. The summed E-state index contributed by atoms with van der Waals surface area (Å²) in [5.74, 6) is 0. The highest BCUT2D eigenvalue weighted by atomic mass is 35.5. The van der Waals surface area contributed by atoms with Gasteiger partial charge < -0.3 is 0 Å². The highest BCUT2D eigenvalue weighted by Crippen LogP contribution is 2.90. The van der Waals surface area contributed by atoms with E-state index in [-0.39, 0.29) is 37.9 Å². The van der Waals surface area contributed by atoms with Gasteiger partial charge in [0.25, 0.3) is 0 Å². The summed E-state index contributed by atoms with van der Waals surface area (Å²) in [7, 11) is 0. The van der Waals surface area contributed by atoms with Crippen molar-refractivity contribution >= 4 is 28.8 Å². The summed E-state index contributed by atoms with van der Waals surface area (Å²) in [4.78, 5) is 0. The zero-order chi connectivity index (χ0) is 34.8. The molecule has 0 nitrogen and oxygen atoms in total. The summed E-state index contributed by atoms with van der Waals surface area (Å²) < 4.78 is 0. The lowest BCUT2D eigenvalue weighted by Gasteiger charge is -2.79. The molecule has 6 aliphatic rings. The van der Waals surface area contributed by atoms with Crippen LogP contribution < -0.4 is 0 Å². The van der Waals surface area contributed by atoms with E-state index in [0.29, 0.717) is 0 Å². The summed E-state index contributed by atoms with van der Waals surface area (Å²) in [6.45, 7) is 20.7. The third kappa shape index (κ3) is 3.63. The molecule has 0 heterocycles. The minimum Gasteiger partial charge on any atom is -0.0843 e. The van der Waals surface area contributed by atoms with E-state index < -0.39 is 0 Å². The summed E-state index contributed by atoms with van der Waals surface area (Å²) >= 11 is 13.0. The molecular formula is C47H48Cl2. The molecule has 0 saturated heterocycles. The molecule has 2 fully saturated rings. The molecule has 2 aromatic rings. The van der Waals surface area contributed by atoms with E-state index >= 15 is 0 Å². The smallest absolute Gasteiger partial charge is 0.0406 e. The van der Waals surface area contributed by atoms with E-state index in [0.717, 1.165) is 34.0 Å². The topological polar surface area (TPSA) is 0 Å². The fraction of sp³-hybridized carbons (Fsp3) is 0.362. The van der Waals surface area contributed by atoms with Gasteiger partial charge >= 0.3 is 0 Å². The van der Waals surface area contributed by atoms with Gasteiger partial charge in [0.05, 0.1) is 0 Å². The van der Waals surface area contributed by atoms with Crippen molar-refractivity contribution in [1.82, 2.24) is 0 Å². The highest BCUT2D eigenvalue weighted by molar-refractivity contribution is 6.31. The van der Waals surface area contributed by atoms with Gasteiger partial charge in [-0.2, -0.15) is 0 Å². The highest BCUT2D eigenvalue weighted by Gasteiger charge is 2.84. The van der Waals surface area contributed by atoms with Crippen molar-refractivity contribution in [2.75, 3.05) is 0 Å². The normalized spacial score (nSPS) is 39.8. The summed E-state index contributed by atoms with van der Waals surface area (Å²) in [6, 6.07) is 16.8. The van der Waals surface area contributed by atoms with Crippen LogP contribution in [0.5, 0.6) is 0 Å². The Morgan fingerprint density at radius 2 is 1.10 bits per heavy atom. The van der Waals surface area contributed by atoms with E-state index in [1.54, 1.807) is 5.57 Å². The first kappa shape index (κ1) is 32.9. The molecular weight excluding hydrogens is 635 g/mol. The van der Waals surface area contributed by atoms with Crippen LogP contribution in [0.25, 0.3) is 5.57 Å². The monoisotopic (exact) mass is 682 g/mol. The van der Waals surface area contributed by atoms with Gasteiger partial charge in [-0.05, 0) is 88.3 Å². The molecule has 0 aliphatic heterocycles. The van der Waals surface area contributed by atoms with E-state index in [2.05, 4.69) is 153 Å².